The molecule has 0 radical (unpaired) electrons. The van der Waals surface area contributed by atoms with E-state index in [1.54, 1.807) is 0 Å². The lowest BCUT2D eigenvalue weighted by molar-refractivity contribution is -0.0246. The van der Waals surface area contributed by atoms with Crippen molar-refractivity contribution in [3.05, 3.63) is 65.7 Å². The molecule has 0 N–H and O–H groups in total. The van der Waals surface area contributed by atoms with E-state index in [0.717, 1.165) is 24.1 Å². The molecule has 25 heavy (non-hydrogen) atoms. The van der Waals surface area contributed by atoms with E-state index in [4.69, 9.17) is 4.74 Å². The summed E-state index contributed by atoms with van der Waals surface area (Å²) in [6.07, 6.45) is 2.02. The third-order valence-electron chi connectivity index (χ3n) is 4.63. The molecule has 1 aliphatic heterocycles. The van der Waals surface area contributed by atoms with Gasteiger partial charge in [0, 0.05) is 38.4 Å². The standard InChI is InChI=1S/C21H26N2O2/c1-22(2)19-10-6-9-18(15-19)21(24)23-13-14-25-20(16-23)12-11-17-7-4-3-5-8-17/h3-10,15,20H,11-14,16H2,1-2H3/t20-/m1/s1. The van der Waals surface area contributed by atoms with Crippen LogP contribution in [0.25, 0.3) is 0 Å². The Hall–Kier alpha value is -2.33. The molecule has 1 heterocycles. The molecule has 3 rings (SSSR count). The molecule has 1 saturated heterocycles. The Morgan fingerprint density at radius 1 is 1.16 bits per heavy atom. The Labute approximate surface area is 150 Å². The van der Waals surface area contributed by atoms with Gasteiger partial charge in [-0.1, -0.05) is 36.4 Å². The minimum atomic E-state index is 0.0942. The van der Waals surface area contributed by atoms with Crippen LogP contribution < -0.4 is 4.90 Å². The number of benzene rings is 2. The van der Waals surface area contributed by atoms with E-state index in [1.807, 2.05) is 54.2 Å². The third-order valence-corrected chi connectivity index (χ3v) is 4.63. The summed E-state index contributed by atoms with van der Waals surface area (Å²) in [6.45, 7) is 1.93. The monoisotopic (exact) mass is 338 g/mol. The van der Waals surface area contributed by atoms with Crippen LogP contribution in [0.4, 0.5) is 5.69 Å². The molecule has 1 fully saturated rings. The number of nitrogens with zero attached hydrogens (tertiary/aromatic N) is 2. The van der Waals surface area contributed by atoms with Crippen molar-refractivity contribution >= 4 is 11.6 Å². The molecule has 132 valence electrons. The van der Waals surface area contributed by atoms with Crippen LogP contribution in [0.1, 0.15) is 22.3 Å². The minimum absolute atomic E-state index is 0.0942. The Morgan fingerprint density at radius 3 is 2.72 bits per heavy atom. The van der Waals surface area contributed by atoms with Crippen molar-refractivity contribution in [3.8, 4) is 0 Å². The van der Waals surface area contributed by atoms with E-state index in [0.29, 0.717) is 19.7 Å². The molecular weight excluding hydrogens is 312 g/mol. The highest BCUT2D eigenvalue weighted by molar-refractivity contribution is 5.95. The zero-order valence-electron chi connectivity index (χ0n) is 15.0. The molecular formula is C21H26N2O2. The number of hydrogen-bond acceptors (Lipinski definition) is 3. The summed E-state index contributed by atoms with van der Waals surface area (Å²) in [5.41, 5.74) is 3.10. The molecule has 0 aromatic heterocycles. The first-order valence-corrected chi connectivity index (χ1v) is 8.85. The molecule has 0 saturated carbocycles. The largest absolute Gasteiger partial charge is 0.378 e. The molecule has 1 amide bonds. The fourth-order valence-corrected chi connectivity index (χ4v) is 3.15. The van der Waals surface area contributed by atoms with E-state index in [9.17, 15) is 4.79 Å². The fourth-order valence-electron chi connectivity index (χ4n) is 3.15. The minimum Gasteiger partial charge on any atom is -0.378 e. The van der Waals surface area contributed by atoms with Gasteiger partial charge in [0.2, 0.25) is 0 Å². The van der Waals surface area contributed by atoms with Gasteiger partial charge in [-0.05, 0) is 36.6 Å². The van der Waals surface area contributed by atoms with Crippen LogP contribution in [-0.4, -0.2) is 50.7 Å². The second kappa shape index (κ2) is 8.17. The van der Waals surface area contributed by atoms with Gasteiger partial charge in [-0.15, -0.1) is 0 Å². The average Bonchev–Trinajstić information content (AvgIpc) is 2.67. The van der Waals surface area contributed by atoms with Gasteiger partial charge >= 0.3 is 0 Å². The first-order valence-electron chi connectivity index (χ1n) is 8.85. The van der Waals surface area contributed by atoms with Gasteiger partial charge in [0.1, 0.15) is 0 Å². The van der Waals surface area contributed by atoms with Crippen LogP contribution >= 0.6 is 0 Å². The summed E-state index contributed by atoms with van der Waals surface area (Å²) >= 11 is 0. The Kier molecular flexibility index (Phi) is 5.71. The lowest BCUT2D eigenvalue weighted by Gasteiger charge is -2.33. The number of ether oxygens (including phenoxy) is 1. The summed E-state index contributed by atoms with van der Waals surface area (Å²) in [6, 6.07) is 18.2. The molecule has 2 aromatic rings. The summed E-state index contributed by atoms with van der Waals surface area (Å²) in [7, 11) is 3.97. The number of rotatable bonds is 5. The SMILES string of the molecule is CN(C)c1cccc(C(=O)N2CCO[C@H](CCc3ccccc3)C2)c1. The first kappa shape index (κ1) is 17.5. The van der Waals surface area contributed by atoms with Gasteiger partial charge in [-0.3, -0.25) is 4.79 Å². The smallest absolute Gasteiger partial charge is 0.254 e. The van der Waals surface area contributed by atoms with Crippen molar-refractivity contribution in [1.29, 1.82) is 0 Å². The van der Waals surface area contributed by atoms with Crippen molar-refractivity contribution < 1.29 is 9.53 Å². The van der Waals surface area contributed by atoms with E-state index >= 15 is 0 Å². The van der Waals surface area contributed by atoms with Crippen molar-refractivity contribution in [2.45, 2.75) is 18.9 Å². The number of carbonyl (C=O) groups excluding carboxylic acids is 1. The molecule has 4 nitrogen and oxygen atoms in total. The highest BCUT2D eigenvalue weighted by Crippen LogP contribution is 2.18. The Balaban J connectivity index is 1.60. The van der Waals surface area contributed by atoms with Crippen LogP contribution in [0, 0.1) is 0 Å². The normalized spacial score (nSPS) is 17.4. The number of aryl methyl sites for hydroxylation is 1. The lowest BCUT2D eigenvalue weighted by Crippen LogP contribution is -2.45. The third kappa shape index (κ3) is 4.60. The predicted molar refractivity (Wildman–Crippen MR) is 101 cm³/mol. The zero-order chi connectivity index (χ0) is 17.6. The van der Waals surface area contributed by atoms with E-state index < -0.39 is 0 Å². The van der Waals surface area contributed by atoms with Crippen molar-refractivity contribution in [1.82, 2.24) is 4.90 Å². The van der Waals surface area contributed by atoms with Gasteiger partial charge < -0.3 is 14.5 Å². The molecule has 1 aliphatic rings. The van der Waals surface area contributed by atoms with Crippen LogP contribution in [0.5, 0.6) is 0 Å². The summed E-state index contributed by atoms with van der Waals surface area (Å²) in [5.74, 6) is 0.0942. The maximum Gasteiger partial charge on any atom is 0.254 e. The predicted octanol–water partition coefficient (Wildman–Crippen LogP) is 3.23. The summed E-state index contributed by atoms with van der Waals surface area (Å²) in [4.78, 5) is 16.8. The van der Waals surface area contributed by atoms with Gasteiger partial charge in [0.15, 0.2) is 0 Å². The molecule has 1 atom stereocenters. The van der Waals surface area contributed by atoms with E-state index in [-0.39, 0.29) is 12.0 Å². The van der Waals surface area contributed by atoms with Crippen molar-refractivity contribution in [3.63, 3.8) is 0 Å². The van der Waals surface area contributed by atoms with Crippen molar-refractivity contribution in [2.75, 3.05) is 38.7 Å². The Bertz CT molecular complexity index is 700. The number of hydrogen-bond donors (Lipinski definition) is 0. The van der Waals surface area contributed by atoms with Crippen LogP contribution in [0.3, 0.4) is 0 Å². The molecule has 0 bridgehead atoms. The molecule has 0 aliphatic carbocycles. The molecule has 0 unspecified atom stereocenters. The number of anilines is 1. The number of carbonyl (C=O) groups is 1. The lowest BCUT2D eigenvalue weighted by atomic mass is 10.1. The maximum absolute atomic E-state index is 12.8. The second-order valence-corrected chi connectivity index (χ2v) is 6.71. The molecule has 4 heteroatoms. The topological polar surface area (TPSA) is 32.8 Å². The maximum atomic E-state index is 12.8. The summed E-state index contributed by atoms with van der Waals surface area (Å²) in [5, 5.41) is 0. The van der Waals surface area contributed by atoms with Gasteiger partial charge in [-0.2, -0.15) is 0 Å². The van der Waals surface area contributed by atoms with Crippen LogP contribution in [-0.2, 0) is 11.2 Å². The van der Waals surface area contributed by atoms with E-state index in [2.05, 4.69) is 24.3 Å². The molecule has 2 aromatic carbocycles. The first-order chi connectivity index (χ1) is 12.1. The van der Waals surface area contributed by atoms with E-state index in [1.165, 1.54) is 5.56 Å². The fraction of sp³-hybridized carbons (Fsp3) is 0.381. The van der Waals surface area contributed by atoms with Gasteiger partial charge in [-0.25, -0.2) is 0 Å². The van der Waals surface area contributed by atoms with Gasteiger partial charge in [0.25, 0.3) is 5.91 Å². The van der Waals surface area contributed by atoms with Crippen LogP contribution in [0.15, 0.2) is 54.6 Å². The highest BCUT2D eigenvalue weighted by Gasteiger charge is 2.25. The average molecular weight is 338 g/mol. The highest BCUT2D eigenvalue weighted by atomic mass is 16.5. The zero-order valence-corrected chi connectivity index (χ0v) is 15.0. The van der Waals surface area contributed by atoms with Gasteiger partial charge in [0.05, 0.1) is 12.7 Å². The number of amides is 1. The van der Waals surface area contributed by atoms with Crippen LogP contribution in [0.2, 0.25) is 0 Å². The second-order valence-electron chi connectivity index (χ2n) is 6.71. The molecule has 0 spiro atoms. The quantitative estimate of drug-likeness (QED) is 0.839. The van der Waals surface area contributed by atoms with Crippen molar-refractivity contribution in [2.24, 2.45) is 0 Å². The number of morpholine rings is 1. The Morgan fingerprint density at radius 2 is 1.96 bits per heavy atom. The summed E-state index contributed by atoms with van der Waals surface area (Å²) < 4.78 is 5.88.